The number of carbonyl (C=O) groups is 3. The average molecular weight is 1050 g/mol. The maximum absolute atomic E-state index is 16.4. The van der Waals surface area contributed by atoms with Crippen LogP contribution in [0.4, 0.5) is 0 Å². The molecule has 5 aliphatic heterocycles. The van der Waals surface area contributed by atoms with Gasteiger partial charge in [-0.05, 0) is 119 Å². The summed E-state index contributed by atoms with van der Waals surface area (Å²) in [5, 5.41) is 3.88. The van der Waals surface area contributed by atoms with Crippen molar-refractivity contribution in [2.45, 2.75) is 154 Å². The number of nitrogens with one attached hydrogen (secondary N) is 2. The van der Waals surface area contributed by atoms with E-state index in [2.05, 4.69) is 19.5 Å². The minimum atomic E-state index is -6.04. The summed E-state index contributed by atoms with van der Waals surface area (Å²) in [6.07, 6.45) is 15.8. The maximum Gasteiger partial charge on any atom is 0.536 e. The topological polar surface area (TPSA) is 269 Å². The van der Waals surface area contributed by atoms with E-state index in [-0.39, 0.29) is 53.6 Å². The standard InChI is InChI=1S/C48H69N4O16P3/c1-29(2)16-15-21-46(8)22-20-33-40(63-46)32(18-17-30(3)4)41-36(42(33)65-70(59,60)68-71(61,62)67-69(56,57)58)39(53)37-38(49-51-24-11-9-12-25-51)34-28-35-45(6,7)66-47(43(34)54,48(35,37)64-41)23-19-31(5)44(55)50-52-26-13-10-14-27-52/h16-17,19-20,22,34-35,37-38,49H,9-15,18,21,23-28H2,1-8H3,(H,50,55)(H,59,60)(H,61,62)(H2,56,57,58). The van der Waals surface area contributed by atoms with Gasteiger partial charge in [0.15, 0.2) is 28.5 Å². The Balaban J connectivity index is 1.36. The van der Waals surface area contributed by atoms with Crippen molar-refractivity contribution in [3.63, 3.8) is 0 Å². The van der Waals surface area contributed by atoms with Crippen molar-refractivity contribution in [2.24, 2.45) is 17.8 Å². The molecule has 392 valence electrons. The molecule has 1 aromatic carbocycles. The molecule has 0 aromatic heterocycles. The van der Waals surface area contributed by atoms with E-state index >= 15 is 9.59 Å². The van der Waals surface area contributed by atoms with Crippen LogP contribution in [0.2, 0.25) is 0 Å². The van der Waals surface area contributed by atoms with E-state index in [1.165, 1.54) is 0 Å². The molecule has 6 N–H and O–H groups in total. The number of fused-ring (bicyclic) bond motifs is 2. The molecule has 71 heavy (non-hydrogen) atoms. The van der Waals surface area contributed by atoms with Gasteiger partial charge in [-0.25, -0.2) is 23.7 Å². The highest BCUT2D eigenvalue weighted by Crippen LogP contribution is 2.72. The molecule has 4 bridgehead atoms. The van der Waals surface area contributed by atoms with Gasteiger partial charge in [-0.2, -0.15) is 8.62 Å². The fraction of sp³-hybridized carbons (Fsp3) is 0.646. The van der Waals surface area contributed by atoms with Crippen LogP contribution in [0.25, 0.3) is 6.08 Å². The van der Waals surface area contributed by atoms with Crippen molar-refractivity contribution in [1.82, 2.24) is 20.9 Å². The van der Waals surface area contributed by atoms with E-state index in [0.29, 0.717) is 50.2 Å². The summed E-state index contributed by atoms with van der Waals surface area (Å²) >= 11 is 0. The first-order valence-corrected chi connectivity index (χ1v) is 29.1. The summed E-state index contributed by atoms with van der Waals surface area (Å²) in [7, 11) is -17.8. The molecule has 1 spiro atoms. The van der Waals surface area contributed by atoms with Crippen molar-refractivity contribution in [3.05, 3.63) is 57.7 Å². The first-order chi connectivity index (χ1) is 33.1. The number of carbonyl (C=O) groups excluding carboxylic acids is 3. The summed E-state index contributed by atoms with van der Waals surface area (Å²) < 4.78 is 74.2. The highest BCUT2D eigenvalue weighted by molar-refractivity contribution is 7.66. The molecule has 8 aliphatic rings. The van der Waals surface area contributed by atoms with Crippen LogP contribution in [0.1, 0.15) is 141 Å². The number of nitrogens with zero attached hydrogens (tertiary/aromatic N) is 2. The van der Waals surface area contributed by atoms with Gasteiger partial charge in [0.25, 0.3) is 5.91 Å². The molecule has 0 radical (unpaired) electrons. The Morgan fingerprint density at radius 3 is 2.08 bits per heavy atom. The van der Waals surface area contributed by atoms with E-state index in [1.807, 2.05) is 70.6 Å². The second-order valence-corrected chi connectivity index (χ2v) is 25.6. The van der Waals surface area contributed by atoms with Gasteiger partial charge in [-0.1, -0.05) is 42.2 Å². The molecule has 6 fully saturated rings. The van der Waals surface area contributed by atoms with Crippen molar-refractivity contribution in [3.8, 4) is 17.2 Å². The van der Waals surface area contributed by atoms with Crippen LogP contribution in [0.15, 0.2) is 41.0 Å². The predicted molar refractivity (Wildman–Crippen MR) is 261 cm³/mol. The second kappa shape index (κ2) is 19.8. The van der Waals surface area contributed by atoms with E-state index in [9.17, 15) is 38.1 Å². The number of hydrazine groups is 2. The summed E-state index contributed by atoms with van der Waals surface area (Å²) in [5.74, 6) is -4.75. The van der Waals surface area contributed by atoms with Crippen LogP contribution in [0.3, 0.4) is 0 Å². The number of amides is 1. The Morgan fingerprint density at radius 2 is 1.46 bits per heavy atom. The molecular weight excluding hydrogens is 981 g/mol. The van der Waals surface area contributed by atoms with Crippen LogP contribution in [-0.2, 0) is 43.1 Å². The average Bonchev–Trinajstić information content (AvgIpc) is 3.39. The molecular formula is C48H69N4O16P3. The van der Waals surface area contributed by atoms with Gasteiger partial charge in [0.1, 0.15) is 22.7 Å². The summed E-state index contributed by atoms with van der Waals surface area (Å²) in [5.41, 5.74) is 3.03. The molecule has 3 saturated heterocycles. The first-order valence-electron chi connectivity index (χ1n) is 24.5. The number of rotatable bonds is 17. The minimum absolute atomic E-state index is 0.0276. The third-order valence-electron chi connectivity index (χ3n) is 15.0. The van der Waals surface area contributed by atoms with Crippen LogP contribution < -0.4 is 24.8 Å². The van der Waals surface area contributed by atoms with Crippen molar-refractivity contribution in [1.29, 1.82) is 0 Å². The van der Waals surface area contributed by atoms with Crippen LogP contribution >= 0.6 is 23.5 Å². The smallest absolute Gasteiger partial charge is 0.482 e. The molecule has 1 aromatic rings. The van der Waals surface area contributed by atoms with Crippen molar-refractivity contribution >= 4 is 47.0 Å². The summed E-state index contributed by atoms with van der Waals surface area (Å²) in [4.78, 5) is 86.2. The highest BCUT2D eigenvalue weighted by Gasteiger charge is 2.85. The fourth-order valence-corrected chi connectivity index (χ4v) is 15.0. The summed E-state index contributed by atoms with van der Waals surface area (Å²) in [6, 6.07) is -0.905. The normalized spacial score (nSPS) is 31.7. The quantitative estimate of drug-likeness (QED) is 0.0495. The number of benzene rings is 1. The van der Waals surface area contributed by atoms with Gasteiger partial charge < -0.3 is 33.4 Å². The van der Waals surface area contributed by atoms with Gasteiger partial charge >= 0.3 is 23.5 Å². The summed E-state index contributed by atoms with van der Waals surface area (Å²) in [6.45, 7) is 17.6. The Kier molecular flexibility index (Phi) is 15.0. The second-order valence-electron chi connectivity index (χ2n) is 21.3. The number of ether oxygens (including phenoxy) is 3. The van der Waals surface area contributed by atoms with E-state index in [1.54, 1.807) is 25.2 Å². The zero-order valence-electron chi connectivity index (χ0n) is 41.7. The molecule has 23 heteroatoms. The lowest BCUT2D eigenvalue weighted by Gasteiger charge is -2.63. The van der Waals surface area contributed by atoms with E-state index in [4.69, 9.17) is 18.7 Å². The van der Waals surface area contributed by atoms with Gasteiger partial charge in [0.2, 0.25) is 0 Å². The lowest BCUT2D eigenvalue weighted by molar-refractivity contribution is -0.208. The molecule has 1 amide bonds. The first kappa shape index (κ1) is 54.0. The molecule has 9 atom stereocenters. The van der Waals surface area contributed by atoms with E-state index in [0.717, 1.165) is 49.7 Å². The Morgan fingerprint density at radius 1 is 0.831 bits per heavy atom. The number of phosphoric acid groups is 3. The molecule has 3 aliphatic carbocycles. The van der Waals surface area contributed by atoms with Crippen LogP contribution in [-0.4, -0.2) is 102 Å². The lowest BCUT2D eigenvalue weighted by atomic mass is 9.45. The number of phosphoric ester groups is 1. The van der Waals surface area contributed by atoms with Crippen LogP contribution in [0, 0.1) is 17.8 Å². The number of ketones is 2. The maximum atomic E-state index is 16.4. The van der Waals surface area contributed by atoms with Gasteiger partial charge in [0.05, 0.1) is 17.1 Å². The molecule has 3 saturated carbocycles. The Hall–Kier alpha value is -3.32. The third-order valence-corrected chi connectivity index (χ3v) is 18.8. The number of hydrogen-bond donors (Lipinski definition) is 6. The number of allylic oxidation sites excluding steroid dienone is 4. The van der Waals surface area contributed by atoms with Gasteiger partial charge in [-0.3, -0.25) is 30.1 Å². The molecule has 5 heterocycles. The molecule has 9 unspecified atom stereocenters. The number of Topliss-reactive ketones (excluding diaryl/α,β-unsaturated/α-hetero) is 2. The Bertz CT molecular complexity index is 2610. The van der Waals surface area contributed by atoms with Gasteiger partial charge in [-0.15, -0.1) is 0 Å². The third kappa shape index (κ3) is 10.5. The zero-order chi connectivity index (χ0) is 51.7. The fourth-order valence-electron chi connectivity index (χ4n) is 11.9. The number of piperidine rings is 2. The monoisotopic (exact) mass is 1050 g/mol. The molecule has 9 rings (SSSR count). The van der Waals surface area contributed by atoms with E-state index < -0.39 is 81.2 Å². The van der Waals surface area contributed by atoms with Crippen LogP contribution in [0.5, 0.6) is 17.2 Å². The minimum Gasteiger partial charge on any atom is -0.482 e. The largest absolute Gasteiger partial charge is 0.536 e. The van der Waals surface area contributed by atoms with Crippen molar-refractivity contribution < 1.29 is 75.0 Å². The number of hydrogen-bond acceptors (Lipinski definition) is 15. The lowest BCUT2D eigenvalue weighted by Crippen LogP contribution is -2.82. The predicted octanol–water partition coefficient (Wildman–Crippen LogP) is 7.72. The van der Waals surface area contributed by atoms with Crippen molar-refractivity contribution in [2.75, 3.05) is 26.2 Å². The van der Waals surface area contributed by atoms with Gasteiger partial charge in [0, 0.05) is 61.6 Å². The SMILES string of the molecule is CC(C)=CCCC1(C)C=Cc2c(c(CC=C(C)C)c3c(c2OP(=O)(O)OP(=O)(O)OP(=O)(O)O)C(=O)C2C(NN4CCCCC4)C4CC5C(C)(C)OC(CC=C(C)C(=O)NN6CCCCC6)(C4=O)C25O3)O1. The zero-order valence-corrected chi connectivity index (χ0v) is 44.4. The molecule has 20 nitrogen and oxygen atoms in total. The highest BCUT2D eigenvalue weighted by atomic mass is 31.3. The Labute approximate surface area is 415 Å².